The van der Waals surface area contributed by atoms with E-state index in [1.165, 1.54) is 11.3 Å². The van der Waals surface area contributed by atoms with Crippen molar-refractivity contribution in [1.82, 2.24) is 0 Å². The van der Waals surface area contributed by atoms with Crippen LogP contribution in [0.15, 0.2) is 66.0 Å². The average Bonchev–Trinajstić information content (AvgIpc) is 3.16. The Bertz CT molecular complexity index is 938. The predicted molar refractivity (Wildman–Crippen MR) is 116 cm³/mol. The van der Waals surface area contributed by atoms with Crippen LogP contribution in [0.4, 0.5) is 5.00 Å². The van der Waals surface area contributed by atoms with E-state index in [2.05, 4.69) is 5.32 Å². The third-order valence-electron chi connectivity index (χ3n) is 4.17. The molecule has 0 atom stereocenters. The first-order chi connectivity index (χ1) is 14.2. The number of nitrogens with one attached hydrogen (secondary N) is 1. The van der Waals surface area contributed by atoms with Gasteiger partial charge in [0.15, 0.2) is 0 Å². The lowest BCUT2D eigenvalue weighted by Gasteiger charge is -2.09. The van der Waals surface area contributed by atoms with Crippen LogP contribution < -0.4 is 10.1 Å². The highest BCUT2D eigenvalue weighted by Crippen LogP contribution is 2.36. The highest BCUT2D eigenvalue weighted by atomic mass is 32.1. The van der Waals surface area contributed by atoms with Crippen LogP contribution in [0.2, 0.25) is 0 Å². The molecule has 1 amide bonds. The maximum atomic E-state index is 12.5. The number of carbonyl (C=O) groups excluding carboxylic acids is 2. The Morgan fingerprint density at radius 2 is 1.69 bits per heavy atom. The molecule has 0 saturated heterocycles. The maximum Gasteiger partial charge on any atom is 0.341 e. The van der Waals surface area contributed by atoms with Gasteiger partial charge in [0.2, 0.25) is 5.91 Å². The summed E-state index contributed by atoms with van der Waals surface area (Å²) >= 11 is 1.33. The summed E-state index contributed by atoms with van der Waals surface area (Å²) in [5.74, 6) is 0.187. The number of rotatable bonds is 9. The van der Waals surface area contributed by atoms with Gasteiger partial charge in [-0.25, -0.2) is 4.79 Å². The van der Waals surface area contributed by atoms with Gasteiger partial charge in [0, 0.05) is 17.4 Å². The molecule has 0 spiro atoms. The smallest absolute Gasteiger partial charge is 0.341 e. The zero-order valence-electron chi connectivity index (χ0n) is 16.2. The van der Waals surface area contributed by atoms with Crippen molar-refractivity contribution < 1.29 is 19.1 Å². The largest absolute Gasteiger partial charge is 0.494 e. The van der Waals surface area contributed by atoms with Crippen molar-refractivity contribution in [2.24, 2.45) is 0 Å². The number of carbonyl (C=O) groups is 2. The highest BCUT2D eigenvalue weighted by molar-refractivity contribution is 7.15. The third kappa shape index (κ3) is 5.68. The number of anilines is 1. The summed E-state index contributed by atoms with van der Waals surface area (Å²) in [6, 6.07) is 19.1. The Labute approximate surface area is 174 Å². The van der Waals surface area contributed by atoms with Crippen LogP contribution in [0.25, 0.3) is 11.1 Å². The predicted octanol–water partition coefficient (Wildman–Crippen LogP) is 5.39. The maximum absolute atomic E-state index is 12.5. The second-order valence-corrected chi connectivity index (χ2v) is 7.13. The summed E-state index contributed by atoms with van der Waals surface area (Å²) in [6.07, 6.45) is 0.875. The van der Waals surface area contributed by atoms with Gasteiger partial charge >= 0.3 is 5.97 Å². The van der Waals surface area contributed by atoms with Gasteiger partial charge in [0.25, 0.3) is 0 Å². The van der Waals surface area contributed by atoms with E-state index in [4.69, 9.17) is 9.47 Å². The molecule has 3 aromatic rings. The first kappa shape index (κ1) is 20.6. The Balaban J connectivity index is 1.64. The van der Waals surface area contributed by atoms with Crippen molar-refractivity contribution in [2.45, 2.75) is 19.8 Å². The van der Waals surface area contributed by atoms with E-state index in [1.807, 2.05) is 66.0 Å². The summed E-state index contributed by atoms with van der Waals surface area (Å²) in [7, 11) is 0. The number of esters is 1. The molecule has 0 aliphatic heterocycles. The number of thiophene rings is 1. The molecule has 0 radical (unpaired) electrons. The minimum atomic E-state index is -0.435. The molecule has 150 valence electrons. The summed E-state index contributed by atoms with van der Waals surface area (Å²) in [6.45, 7) is 2.48. The van der Waals surface area contributed by atoms with E-state index in [0.29, 0.717) is 30.0 Å². The highest BCUT2D eigenvalue weighted by Gasteiger charge is 2.22. The van der Waals surface area contributed by atoms with Crippen molar-refractivity contribution in [2.75, 3.05) is 18.5 Å². The van der Waals surface area contributed by atoms with Crippen molar-refractivity contribution in [1.29, 1.82) is 0 Å². The molecular formula is C23H23NO4S. The van der Waals surface area contributed by atoms with Crippen LogP contribution in [-0.4, -0.2) is 25.1 Å². The molecule has 0 bridgehead atoms. The van der Waals surface area contributed by atoms with Crippen LogP contribution in [0, 0.1) is 0 Å². The van der Waals surface area contributed by atoms with Gasteiger partial charge < -0.3 is 14.8 Å². The van der Waals surface area contributed by atoms with Gasteiger partial charge in [-0.2, -0.15) is 0 Å². The zero-order valence-corrected chi connectivity index (χ0v) is 17.0. The minimum Gasteiger partial charge on any atom is -0.494 e. The van der Waals surface area contributed by atoms with Crippen molar-refractivity contribution in [3.05, 3.63) is 71.6 Å². The Morgan fingerprint density at radius 3 is 2.38 bits per heavy atom. The molecule has 3 rings (SSSR count). The zero-order chi connectivity index (χ0) is 20.5. The Morgan fingerprint density at radius 1 is 1.00 bits per heavy atom. The topological polar surface area (TPSA) is 64.6 Å². The molecule has 0 fully saturated rings. The SMILES string of the molecule is CCOC(=O)c1c(-c2ccccc2)csc1NC(=O)CCCOc1ccccc1. The number of hydrogen-bond donors (Lipinski definition) is 1. The molecule has 6 heteroatoms. The second kappa shape index (κ2) is 10.4. The second-order valence-electron chi connectivity index (χ2n) is 6.25. The molecule has 1 heterocycles. The lowest BCUT2D eigenvalue weighted by molar-refractivity contribution is -0.116. The van der Waals surface area contributed by atoms with Crippen molar-refractivity contribution in [3.63, 3.8) is 0 Å². The fraction of sp³-hybridized carbons (Fsp3) is 0.217. The minimum absolute atomic E-state index is 0.159. The molecule has 0 saturated carbocycles. The van der Waals surface area contributed by atoms with E-state index in [9.17, 15) is 9.59 Å². The van der Waals surface area contributed by atoms with E-state index in [-0.39, 0.29) is 12.5 Å². The Hall–Kier alpha value is -3.12. The fourth-order valence-corrected chi connectivity index (χ4v) is 3.79. The van der Waals surface area contributed by atoms with Gasteiger partial charge in [-0.3, -0.25) is 4.79 Å². The molecule has 1 aromatic heterocycles. The van der Waals surface area contributed by atoms with Crippen molar-refractivity contribution >= 4 is 28.2 Å². The molecule has 0 unspecified atom stereocenters. The van der Waals surface area contributed by atoms with E-state index in [0.717, 1.165) is 16.9 Å². The number of para-hydroxylation sites is 1. The van der Waals surface area contributed by atoms with Gasteiger partial charge in [0.1, 0.15) is 16.3 Å². The molecular weight excluding hydrogens is 386 g/mol. The van der Waals surface area contributed by atoms with Gasteiger partial charge in [-0.15, -0.1) is 11.3 Å². The van der Waals surface area contributed by atoms with Crippen LogP contribution in [0.3, 0.4) is 0 Å². The van der Waals surface area contributed by atoms with E-state index < -0.39 is 5.97 Å². The quantitative estimate of drug-likeness (QED) is 0.380. The summed E-state index contributed by atoms with van der Waals surface area (Å²) in [5, 5.41) is 5.24. The molecule has 1 N–H and O–H groups in total. The van der Waals surface area contributed by atoms with Gasteiger partial charge in [0.05, 0.1) is 13.2 Å². The summed E-state index contributed by atoms with van der Waals surface area (Å²) in [5.41, 5.74) is 2.07. The number of hydrogen-bond acceptors (Lipinski definition) is 5. The van der Waals surface area contributed by atoms with E-state index in [1.54, 1.807) is 6.92 Å². The van der Waals surface area contributed by atoms with Crippen LogP contribution in [0.5, 0.6) is 5.75 Å². The number of ether oxygens (including phenoxy) is 2. The number of amides is 1. The van der Waals surface area contributed by atoms with E-state index >= 15 is 0 Å². The fourth-order valence-electron chi connectivity index (χ4n) is 2.81. The lowest BCUT2D eigenvalue weighted by atomic mass is 10.0. The van der Waals surface area contributed by atoms with Gasteiger partial charge in [-0.05, 0) is 31.0 Å². The first-order valence-corrected chi connectivity index (χ1v) is 10.4. The van der Waals surface area contributed by atoms with Crippen LogP contribution in [0.1, 0.15) is 30.1 Å². The number of benzene rings is 2. The molecule has 0 aliphatic carbocycles. The molecule has 29 heavy (non-hydrogen) atoms. The van der Waals surface area contributed by atoms with Crippen molar-refractivity contribution in [3.8, 4) is 16.9 Å². The lowest BCUT2D eigenvalue weighted by Crippen LogP contribution is -2.15. The van der Waals surface area contributed by atoms with Crippen LogP contribution in [-0.2, 0) is 9.53 Å². The van der Waals surface area contributed by atoms with Gasteiger partial charge in [-0.1, -0.05) is 48.5 Å². The molecule has 5 nitrogen and oxygen atoms in total. The normalized spacial score (nSPS) is 10.4. The average molecular weight is 410 g/mol. The summed E-state index contributed by atoms with van der Waals surface area (Å²) < 4.78 is 10.8. The van der Waals surface area contributed by atoms with Crippen LogP contribution >= 0.6 is 11.3 Å². The Kier molecular flexibility index (Phi) is 7.41. The summed E-state index contributed by atoms with van der Waals surface area (Å²) in [4.78, 5) is 24.9. The monoisotopic (exact) mass is 409 g/mol. The standard InChI is InChI=1S/C23H23NO4S/c1-2-27-23(26)21-19(17-10-5-3-6-11-17)16-29-22(21)24-20(25)14-9-15-28-18-12-7-4-8-13-18/h3-8,10-13,16H,2,9,14-15H2,1H3,(H,24,25). The third-order valence-corrected chi connectivity index (χ3v) is 5.06. The molecule has 2 aromatic carbocycles. The molecule has 0 aliphatic rings. The first-order valence-electron chi connectivity index (χ1n) is 9.50.